The number of hydrogen-bond acceptors (Lipinski definition) is 3. The molecule has 0 aliphatic carbocycles. The molecule has 20 heavy (non-hydrogen) atoms. The zero-order valence-corrected chi connectivity index (χ0v) is 12.7. The van der Waals surface area contributed by atoms with Gasteiger partial charge in [0.15, 0.2) is 0 Å². The van der Waals surface area contributed by atoms with Gasteiger partial charge < -0.3 is 0 Å². The Bertz CT molecular complexity index is 638. The highest BCUT2D eigenvalue weighted by molar-refractivity contribution is 7.95. The van der Waals surface area contributed by atoms with Crippen LogP contribution in [-0.4, -0.2) is 33.0 Å². The van der Waals surface area contributed by atoms with Gasteiger partial charge in [-0.15, -0.1) is 0 Å². The van der Waals surface area contributed by atoms with E-state index in [1.54, 1.807) is 6.07 Å². The maximum atomic E-state index is 12.6. The highest BCUT2D eigenvalue weighted by atomic mass is 32.2. The molecule has 4 heteroatoms. The molecule has 0 atom stereocenters. The maximum Gasteiger partial charge on any atom is 0.204 e. The standard InChI is InChI=1S/C16H21NO2S/c1-13-6-7-16-14(10-13)11-15(20(16,18)19)12-17-8-4-2-3-5-9-17/h6-7,10-11H,2-5,8-9,12H2,1H3. The van der Waals surface area contributed by atoms with Crippen LogP contribution >= 0.6 is 0 Å². The summed E-state index contributed by atoms with van der Waals surface area (Å²) in [4.78, 5) is 3.34. The number of hydrogen-bond donors (Lipinski definition) is 0. The van der Waals surface area contributed by atoms with Crippen LogP contribution in [0, 0.1) is 6.92 Å². The summed E-state index contributed by atoms with van der Waals surface area (Å²) >= 11 is 0. The summed E-state index contributed by atoms with van der Waals surface area (Å²) in [7, 11) is -3.25. The largest absolute Gasteiger partial charge is 0.298 e. The summed E-state index contributed by atoms with van der Waals surface area (Å²) in [5, 5.41) is 0. The molecular weight excluding hydrogens is 270 g/mol. The van der Waals surface area contributed by atoms with Gasteiger partial charge in [-0.05, 0) is 50.6 Å². The first-order chi connectivity index (χ1) is 9.57. The average molecular weight is 291 g/mol. The minimum Gasteiger partial charge on any atom is -0.298 e. The number of benzene rings is 1. The van der Waals surface area contributed by atoms with Crippen LogP contribution in [-0.2, 0) is 9.84 Å². The van der Waals surface area contributed by atoms with Gasteiger partial charge >= 0.3 is 0 Å². The number of fused-ring (bicyclic) bond motifs is 1. The third kappa shape index (κ3) is 2.54. The van der Waals surface area contributed by atoms with Crippen LogP contribution in [0.1, 0.15) is 36.8 Å². The van der Waals surface area contributed by atoms with Crippen molar-refractivity contribution in [3.05, 3.63) is 34.2 Å². The highest BCUT2D eigenvalue weighted by Crippen LogP contribution is 2.33. The SMILES string of the molecule is Cc1ccc2c(c1)C=C(CN1CCCCCC1)S2(=O)=O. The van der Waals surface area contributed by atoms with E-state index in [0.717, 1.165) is 24.2 Å². The molecular formula is C16H21NO2S. The molecule has 108 valence electrons. The molecule has 0 saturated carbocycles. The first kappa shape index (κ1) is 13.8. The van der Waals surface area contributed by atoms with Crippen molar-refractivity contribution < 1.29 is 8.42 Å². The van der Waals surface area contributed by atoms with Crippen molar-refractivity contribution >= 4 is 15.9 Å². The number of likely N-dealkylation sites (tertiary alicyclic amines) is 1. The average Bonchev–Trinajstić information content (AvgIpc) is 2.60. The van der Waals surface area contributed by atoms with Crippen molar-refractivity contribution in [1.82, 2.24) is 4.90 Å². The Morgan fingerprint density at radius 2 is 1.80 bits per heavy atom. The van der Waals surface area contributed by atoms with E-state index in [1.807, 2.05) is 25.1 Å². The number of nitrogens with zero attached hydrogens (tertiary/aromatic N) is 1. The third-order valence-electron chi connectivity index (χ3n) is 4.19. The molecule has 0 aromatic heterocycles. The van der Waals surface area contributed by atoms with Crippen molar-refractivity contribution in [2.24, 2.45) is 0 Å². The highest BCUT2D eigenvalue weighted by Gasteiger charge is 2.30. The molecule has 1 aromatic carbocycles. The zero-order chi connectivity index (χ0) is 14.2. The lowest BCUT2D eigenvalue weighted by Crippen LogP contribution is -2.28. The number of aryl methyl sites for hydroxylation is 1. The predicted octanol–water partition coefficient (Wildman–Crippen LogP) is 3.00. The lowest BCUT2D eigenvalue weighted by Gasteiger charge is -2.19. The molecule has 1 aromatic rings. The van der Waals surface area contributed by atoms with Gasteiger partial charge in [-0.3, -0.25) is 4.90 Å². The molecule has 0 spiro atoms. The van der Waals surface area contributed by atoms with E-state index in [4.69, 9.17) is 0 Å². The van der Waals surface area contributed by atoms with E-state index < -0.39 is 9.84 Å². The van der Waals surface area contributed by atoms with Gasteiger partial charge in [-0.2, -0.15) is 0 Å². The summed E-state index contributed by atoms with van der Waals surface area (Å²) in [6.07, 6.45) is 6.75. The maximum absolute atomic E-state index is 12.6. The summed E-state index contributed by atoms with van der Waals surface area (Å²) < 4.78 is 25.1. The fourth-order valence-electron chi connectivity index (χ4n) is 3.06. The molecule has 0 unspecified atom stereocenters. The molecule has 3 rings (SSSR count). The second-order valence-electron chi connectivity index (χ2n) is 5.85. The second-order valence-corrected chi connectivity index (χ2v) is 7.82. The molecule has 1 fully saturated rings. The Morgan fingerprint density at radius 1 is 1.10 bits per heavy atom. The monoisotopic (exact) mass is 291 g/mol. The molecule has 3 nitrogen and oxygen atoms in total. The van der Waals surface area contributed by atoms with Crippen LogP contribution in [0.25, 0.3) is 6.08 Å². The lowest BCUT2D eigenvalue weighted by atomic mass is 10.1. The van der Waals surface area contributed by atoms with E-state index >= 15 is 0 Å². The van der Waals surface area contributed by atoms with Crippen LogP contribution in [0.15, 0.2) is 28.0 Å². The Morgan fingerprint density at radius 3 is 2.50 bits per heavy atom. The van der Waals surface area contributed by atoms with Crippen LogP contribution in [0.4, 0.5) is 0 Å². The minimum absolute atomic E-state index is 0.480. The molecule has 2 aliphatic rings. The Hall–Kier alpha value is -1.13. The summed E-state index contributed by atoms with van der Waals surface area (Å²) in [6, 6.07) is 5.58. The van der Waals surface area contributed by atoms with E-state index in [9.17, 15) is 8.42 Å². The van der Waals surface area contributed by atoms with Crippen molar-refractivity contribution in [1.29, 1.82) is 0 Å². The fraction of sp³-hybridized carbons (Fsp3) is 0.500. The molecule has 0 amide bonds. The topological polar surface area (TPSA) is 37.4 Å². The van der Waals surface area contributed by atoms with E-state index in [2.05, 4.69) is 4.90 Å². The van der Waals surface area contributed by atoms with Gasteiger partial charge in [-0.1, -0.05) is 30.5 Å². The Kier molecular flexibility index (Phi) is 3.69. The van der Waals surface area contributed by atoms with Crippen molar-refractivity contribution in [2.75, 3.05) is 19.6 Å². The van der Waals surface area contributed by atoms with Crippen LogP contribution in [0.3, 0.4) is 0 Å². The van der Waals surface area contributed by atoms with Gasteiger partial charge in [-0.25, -0.2) is 8.42 Å². The van der Waals surface area contributed by atoms with Gasteiger partial charge in [0.1, 0.15) is 0 Å². The van der Waals surface area contributed by atoms with E-state index in [0.29, 0.717) is 16.3 Å². The summed E-state index contributed by atoms with van der Waals surface area (Å²) in [6.45, 7) is 4.59. The van der Waals surface area contributed by atoms with Crippen molar-refractivity contribution in [2.45, 2.75) is 37.5 Å². The first-order valence-corrected chi connectivity index (χ1v) is 8.84. The Labute approximate surface area is 121 Å². The molecule has 1 saturated heterocycles. The second kappa shape index (κ2) is 5.34. The summed E-state index contributed by atoms with van der Waals surface area (Å²) in [5.74, 6) is 0. The Balaban J connectivity index is 1.86. The molecule has 0 N–H and O–H groups in total. The van der Waals surface area contributed by atoms with Gasteiger partial charge in [0.2, 0.25) is 9.84 Å². The molecule has 0 bridgehead atoms. The molecule has 0 radical (unpaired) electrons. The van der Waals surface area contributed by atoms with Crippen molar-refractivity contribution in [3.8, 4) is 0 Å². The third-order valence-corrected chi connectivity index (χ3v) is 6.08. The van der Waals surface area contributed by atoms with Crippen LogP contribution in [0.2, 0.25) is 0 Å². The lowest BCUT2D eigenvalue weighted by molar-refractivity contribution is 0.313. The molecule has 2 heterocycles. The van der Waals surface area contributed by atoms with E-state index in [1.165, 1.54) is 25.7 Å². The zero-order valence-electron chi connectivity index (χ0n) is 11.9. The minimum atomic E-state index is -3.25. The first-order valence-electron chi connectivity index (χ1n) is 7.36. The molecule has 2 aliphatic heterocycles. The van der Waals surface area contributed by atoms with Crippen LogP contribution in [0.5, 0.6) is 0 Å². The van der Waals surface area contributed by atoms with E-state index in [-0.39, 0.29) is 0 Å². The predicted molar refractivity (Wildman–Crippen MR) is 81.2 cm³/mol. The number of rotatable bonds is 2. The number of sulfone groups is 1. The quantitative estimate of drug-likeness (QED) is 0.840. The van der Waals surface area contributed by atoms with Gasteiger partial charge in [0.05, 0.1) is 9.80 Å². The summed E-state index contributed by atoms with van der Waals surface area (Å²) in [5.41, 5.74) is 1.96. The van der Waals surface area contributed by atoms with Gasteiger partial charge in [0.25, 0.3) is 0 Å². The van der Waals surface area contributed by atoms with Crippen molar-refractivity contribution in [3.63, 3.8) is 0 Å². The van der Waals surface area contributed by atoms with Gasteiger partial charge in [0, 0.05) is 6.54 Å². The smallest absolute Gasteiger partial charge is 0.204 e. The normalized spacial score (nSPS) is 22.1. The fourth-order valence-corrected chi connectivity index (χ4v) is 4.66. The van der Waals surface area contributed by atoms with Crippen LogP contribution < -0.4 is 0 Å².